The van der Waals surface area contributed by atoms with E-state index < -0.39 is 0 Å². The third-order valence-electron chi connectivity index (χ3n) is 3.51. The number of piperidine rings is 1. The average Bonchev–Trinajstić information content (AvgIpc) is 2.85. The number of imidazole rings is 1. The van der Waals surface area contributed by atoms with Crippen molar-refractivity contribution >= 4 is 11.0 Å². The van der Waals surface area contributed by atoms with E-state index in [0.717, 1.165) is 11.0 Å². The highest BCUT2D eigenvalue weighted by atomic mass is 15.1. The van der Waals surface area contributed by atoms with Crippen LogP contribution in [-0.2, 0) is 0 Å². The molecule has 2 aromatic rings. The molecule has 1 aliphatic rings. The molecule has 0 saturated carbocycles. The number of benzene rings is 1. The van der Waals surface area contributed by atoms with Crippen molar-refractivity contribution in [1.82, 2.24) is 14.9 Å². The van der Waals surface area contributed by atoms with Crippen molar-refractivity contribution in [2.45, 2.75) is 32.6 Å². The molecule has 2 heterocycles. The van der Waals surface area contributed by atoms with Gasteiger partial charge in [0.15, 0.2) is 0 Å². The summed E-state index contributed by atoms with van der Waals surface area (Å²) in [5.41, 5.74) is 2.26. The highest BCUT2D eigenvalue weighted by Gasteiger charge is 2.20. The van der Waals surface area contributed by atoms with Crippen LogP contribution in [0.1, 0.15) is 38.4 Å². The zero-order valence-electron chi connectivity index (χ0n) is 11.6. The van der Waals surface area contributed by atoms with Gasteiger partial charge in [0.1, 0.15) is 5.82 Å². The first-order valence-electron chi connectivity index (χ1n) is 6.96. The standard InChI is InChI=1S/C13H17N3.C2H6/c1-16-8-6-10(7-9-16)13-14-11-4-2-3-5-12(11)15-13;1-2/h2-5,10H,6-9H2,1H3,(H,14,15);1-2H3. The fourth-order valence-corrected chi connectivity index (χ4v) is 2.45. The molecule has 1 aromatic carbocycles. The first-order chi connectivity index (χ1) is 8.83. The molecule has 0 spiro atoms. The predicted molar refractivity (Wildman–Crippen MR) is 76.9 cm³/mol. The van der Waals surface area contributed by atoms with Crippen molar-refractivity contribution < 1.29 is 0 Å². The number of aromatic amines is 1. The number of nitrogens with one attached hydrogen (secondary N) is 1. The van der Waals surface area contributed by atoms with Crippen LogP contribution in [0.5, 0.6) is 0 Å². The molecule has 3 rings (SSSR count). The Labute approximate surface area is 109 Å². The molecule has 98 valence electrons. The van der Waals surface area contributed by atoms with Gasteiger partial charge >= 0.3 is 0 Å². The van der Waals surface area contributed by atoms with E-state index in [1.54, 1.807) is 0 Å². The summed E-state index contributed by atoms with van der Waals surface area (Å²) in [6, 6.07) is 8.27. The van der Waals surface area contributed by atoms with Crippen molar-refractivity contribution in [2.75, 3.05) is 20.1 Å². The van der Waals surface area contributed by atoms with Crippen LogP contribution in [0.25, 0.3) is 11.0 Å². The summed E-state index contributed by atoms with van der Waals surface area (Å²) < 4.78 is 0. The van der Waals surface area contributed by atoms with Crippen LogP contribution in [0.15, 0.2) is 24.3 Å². The second kappa shape index (κ2) is 6.01. The molecule has 3 nitrogen and oxygen atoms in total. The first kappa shape index (κ1) is 13.1. The van der Waals surface area contributed by atoms with E-state index in [0.29, 0.717) is 5.92 Å². The van der Waals surface area contributed by atoms with Crippen LogP contribution < -0.4 is 0 Å². The minimum Gasteiger partial charge on any atom is -0.342 e. The summed E-state index contributed by atoms with van der Waals surface area (Å²) in [5, 5.41) is 0. The van der Waals surface area contributed by atoms with Crippen LogP contribution >= 0.6 is 0 Å². The molecule has 0 aliphatic carbocycles. The van der Waals surface area contributed by atoms with Crippen molar-refractivity contribution in [3.8, 4) is 0 Å². The number of para-hydroxylation sites is 2. The Kier molecular flexibility index (Phi) is 4.37. The number of hydrogen-bond donors (Lipinski definition) is 1. The monoisotopic (exact) mass is 245 g/mol. The summed E-state index contributed by atoms with van der Waals surface area (Å²) in [6.07, 6.45) is 2.44. The minimum atomic E-state index is 0.614. The Bertz CT molecular complexity index is 448. The Morgan fingerprint density at radius 3 is 2.50 bits per heavy atom. The molecular weight excluding hydrogens is 222 g/mol. The fraction of sp³-hybridized carbons (Fsp3) is 0.533. The Morgan fingerprint density at radius 2 is 1.83 bits per heavy atom. The highest BCUT2D eigenvalue weighted by Crippen LogP contribution is 2.26. The summed E-state index contributed by atoms with van der Waals surface area (Å²) >= 11 is 0. The largest absolute Gasteiger partial charge is 0.342 e. The minimum absolute atomic E-state index is 0.614. The van der Waals surface area contributed by atoms with Gasteiger partial charge in [0, 0.05) is 5.92 Å². The Hall–Kier alpha value is -1.35. The summed E-state index contributed by atoms with van der Waals surface area (Å²) in [5.74, 6) is 1.79. The van der Waals surface area contributed by atoms with Gasteiger partial charge < -0.3 is 9.88 Å². The Balaban J connectivity index is 0.000000574. The van der Waals surface area contributed by atoms with Crippen LogP contribution in [0.3, 0.4) is 0 Å². The van der Waals surface area contributed by atoms with Gasteiger partial charge in [0.25, 0.3) is 0 Å². The summed E-state index contributed by atoms with van der Waals surface area (Å²) in [6.45, 7) is 6.36. The van der Waals surface area contributed by atoms with Gasteiger partial charge in [-0.3, -0.25) is 0 Å². The van der Waals surface area contributed by atoms with Crippen LogP contribution in [-0.4, -0.2) is 35.0 Å². The quantitative estimate of drug-likeness (QED) is 0.835. The summed E-state index contributed by atoms with van der Waals surface area (Å²) in [7, 11) is 2.19. The number of fused-ring (bicyclic) bond motifs is 1. The second-order valence-electron chi connectivity index (χ2n) is 4.72. The first-order valence-corrected chi connectivity index (χ1v) is 6.96. The van der Waals surface area contributed by atoms with Crippen molar-refractivity contribution in [2.24, 2.45) is 0 Å². The van der Waals surface area contributed by atoms with E-state index in [4.69, 9.17) is 0 Å². The SMILES string of the molecule is CC.CN1CCC(c2nc3ccccc3[nH]2)CC1. The Morgan fingerprint density at radius 1 is 1.17 bits per heavy atom. The predicted octanol–water partition coefficient (Wildman–Crippen LogP) is 3.40. The molecular formula is C15H23N3. The lowest BCUT2D eigenvalue weighted by molar-refractivity contribution is 0.252. The third-order valence-corrected chi connectivity index (χ3v) is 3.51. The molecule has 18 heavy (non-hydrogen) atoms. The molecule has 1 aromatic heterocycles. The highest BCUT2D eigenvalue weighted by molar-refractivity contribution is 5.74. The maximum atomic E-state index is 4.69. The number of rotatable bonds is 1. The van der Waals surface area contributed by atoms with E-state index in [9.17, 15) is 0 Å². The number of aromatic nitrogens is 2. The van der Waals surface area contributed by atoms with Crippen molar-refractivity contribution in [3.05, 3.63) is 30.1 Å². The fourth-order valence-electron chi connectivity index (χ4n) is 2.45. The second-order valence-corrected chi connectivity index (χ2v) is 4.72. The third kappa shape index (κ3) is 2.72. The van der Waals surface area contributed by atoms with E-state index in [1.165, 1.54) is 31.8 Å². The van der Waals surface area contributed by atoms with Gasteiger partial charge in [-0.15, -0.1) is 0 Å². The molecule has 1 aliphatic heterocycles. The zero-order chi connectivity index (χ0) is 13.0. The van der Waals surface area contributed by atoms with Gasteiger partial charge in [0.05, 0.1) is 11.0 Å². The number of hydrogen-bond acceptors (Lipinski definition) is 2. The molecule has 0 atom stereocenters. The van der Waals surface area contributed by atoms with E-state index in [-0.39, 0.29) is 0 Å². The molecule has 0 amide bonds. The zero-order valence-corrected chi connectivity index (χ0v) is 11.6. The van der Waals surface area contributed by atoms with E-state index >= 15 is 0 Å². The van der Waals surface area contributed by atoms with Crippen LogP contribution in [0, 0.1) is 0 Å². The van der Waals surface area contributed by atoms with Crippen LogP contribution in [0.2, 0.25) is 0 Å². The topological polar surface area (TPSA) is 31.9 Å². The van der Waals surface area contributed by atoms with Gasteiger partial charge in [-0.25, -0.2) is 4.98 Å². The molecule has 1 fully saturated rings. The van der Waals surface area contributed by atoms with Crippen molar-refractivity contribution in [1.29, 1.82) is 0 Å². The van der Waals surface area contributed by atoms with E-state index in [1.807, 2.05) is 19.9 Å². The molecule has 3 heteroatoms. The van der Waals surface area contributed by atoms with Gasteiger partial charge in [-0.05, 0) is 45.1 Å². The molecule has 0 bridgehead atoms. The average molecular weight is 245 g/mol. The molecule has 1 saturated heterocycles. The molecule has 0 unspecified atom stereocenters. The van der Waals surface area contributed by atoms with Crippen molar-refractivity contribution in [3.63, 3.8) is 0 Å². The molecule has 1 N–H and O–H groups in total. The van der Waals surface area contributed by atoms with Gasteiger partial charge in [-0.2, -0.15) is 0 Å². The lowest BCUT2D eigenvalue weighted by Crippen LogP contribution is -2.29. The van der Waals surface area contributed by atoms with E-state index in [2.05, 4.69) is 40.1 Å². The maximum Gasteiger partial charge on any atom is 0.110 e. The number of nitrogens with zero attached hydrogens (tertiary/aromatic N) is 2. The molecule has 0 radical (unpaired) electrons. The summed E-state index contributed by atoms with van der Waals surface area (Å²) in [4.78, 5) is 10.5. The lowest BCUT2D eigenvalue weighted by atomic mass is 9.97. The normalized spacial score (nSPS) is 17.5. The van der Waals surface area contributed by atoms with Gasteiger partial charge in [0.2, 0.25) is 0 Å². The maximum absolute atomic E-state index is 4.69. The lowest BCUT2D eigenvalue weighted by Gasteiger charge is -2.27. The smallest absolute Gasteiger partial charge is 0.110 e. The number of likely N-dealkylation sites (tertiary alicyclic amines) is 1. The van der Waals surface area contributed by atoms with Gasteiger partial charge in [-0.1, -0.05) is 26.0 Å². The van der Waals surface area contributed by atoms with Crippen LogP contribution in [0.4, 0.5) is 0 Å². The number of H-pyrrole nitrogens is 1.